The molecular weight excluding hydrogens is 252 g/mol. The second-order valence-corrected chi connectivity index (χ2v) is 5.08. The number of benzene rings is 1. The molecule has 0 radical (unpaired) electrons. The molecule has 0 spiro atoms. The minimum atomic E-state index is -0.239. The largest absolute Gasteiger partial charge is 0.334 e. The van der Waals surface area contributed by atoms with Gasteiger partial charge in [0.25, 0.3) is 11.5 Å². The molecule has 1 amide bonds. The van der Waals surface area contributed by atoms with Gasteiger partial charge >= 0.3 is 0 Å². The normalized spacial score (nSPS) is 13.9. The molecule has 4 heteroatoms. The first kappa shape index (κ1) is 12.7. The fourth-order valence-corrected chi connectivity index (χ4v) is 2.60. The highest BCUT2D eigenvalue weighted by molar-refractivity contribution is 5.94. The zero-order valence-electron chi connectivity index (χ0n) is 11.4. The summed E-state index contributed by atoms with van der Waals surface area (Å²) in [6, 6.07) is 11.5. The van der Waals surface area contributed by atoms with Crippen LogP contribution in [0.15, 0.2) is 47.4 Å². The van der Waals surface area contributed by atoms with Crippen molar-refractivity contribution >= 4 is 5.91 Å². The molecule has 0 saturated heterocycles. The number of rotatable bonds is 1. The zero-order valence-corrected chi connectivity index (χ0v) is 11.4. The third-order valence-electron chi connectivity index (χ3n) is 3.77. The van der Waals surface area contributed by atoms with Crippen molar-refractivity contribution in [3.05, 3.63) is 69.6 Å². The van der Waals surface area contributed by atoms with Crippen molar-refractivity contribution in [2.45, 2.75) is 13.0 Å². The average Bonchev–Trinajstić information content (AvgIpc) is 2.49. The molecule has 0 saturated carbocycles. The van der Waals surface area contributed by atoms with E-state index in [0.29, 0.717) is 13.1 Å². The van der Waals surface area contributed by atoms with Crippen LogP contribution in [0.3, 0.4) is 0 Å². The summed E-state index contributed by atoms with van der Waals surface area (Å²) in [5, 5.41) is 0. The van der Waals surface area contributed by atoms with E-state index in [-0.39, 0.29) is 17.0 Å². The smallest absolute Gasteiger partial charge is 0.263 e. The van der Waals surface area contributed by atoms with Crippen LogP contribution in [0.4, 0.5) is 0 Å². The maximum atomic E-state index is 12.5. The van der Waals surface area contributed by atoms with Crippen molar-refractivity contribution in [2.75, 3.05) is 6.54 Å². The van der Waals surface area contributed by atoms with Crippen LogP contribution >= 0.6 is 0 Å². The monoisotopic (exact) mass is 268 g/mol. The van der Waals surface area contributed by atoms with E-state index < -0.39 is 0 Å². The van der Waals surface area contributed by atoms with Gasteiger partial charge in [0.2, 0.25) is 0 Å². The summed E-state index contributed by atoms with van der Waals surface area (Å²) in [6.45, 7) is 1.24. The Kier molecular flexibility index (Phi) is 3.14. The predicted octanol–water partition coefficient (Wildman–Crippen LogP) is 1.58. The third-order valence-corrected chi connectivity index (χ3v) is 3.77. The minimum absolute atomic E-state index is 0.180. The third kappa shape index (κ3) is 2.13. The molecule has 0 aliphatic carbocycles. The summed E-state index contributed by atoms with van der Waals surface area (Å²) in [6.07, 6.45) is 2.50. The van der Waals surface area contributed by atoms with Crippen LogP contribution in [0.5, 0.6) is 0 Å². The molecule has 3 rings (SSSR count). The molecule has 4 nitrogen and oxygen atoms in total. The molecule has 2 heterocycles. The van der Waals surface area contributed by atoms with Gasteiger partial charge < -0.3 is 9.47 Å². The Morgan fingerprint density at radius 3 is 2.65 bits per heavy atom. The minimum Gasteiger partial charge on any atom is -0.334 e. The van der Waals surface area contributed by atoms with Crippen molar-refractivity contribution < 1.29 is 4.79 Å². The van der Waals surface area contributed by atoms with Crippen molar-refractivity contribution in [2.24, 2.45) is 7.05 Å². The van der Waals surface area contributed by atoms with Gasteiger partial charge in [-0.2, -0.15) is 0 Å². The van der Waals surface area contributed by atoms with Gasteiger partial charge in [0, 0.05) is 26.3 Å². The highest BCUT2D eigenvalue weighted by Gasteiger charge is 2.23. The number of hydrogen-bond donors (Lipinski definition) is 0. The van der Waals surface area contributed by atoms with Gasteiger partial charge in [-0.25, -0.2) is 0 Å². The van der Waals surface area contributed by atoms with Crippen molar-refractivity contribution in [3.8, 4) is 0 Å². The Balaban J connectivity index is 1.90. The number of fused-ring (bicyclic) bond motifs is 1. The SMILES string of the molecule is Cn1cccc(C(=O)N2CCc3ccccc3C2)c1=O. The average molecular weight is 268 g/mol. The van der Waals surface area contributed by atoms with Crippen LogP contribution < -0.4 is 5.56 Å². The van der Waals surface area contributed by atoms with Gasteiger partial charge in [-0.3, -0.25) is 9.59 Å². The first-order valence-electron chi connectivity index (χ1n) is 6.68. The van der Waals surface area contributed by atoms with E-state index in [1.165, 1.54) is 15.7 Å². The molecule has 102 valence electrons. The van der Waals surface area contributed by atoms with Crippen LogP contribution in [0, 0.1) is 0 Å². The zero-order chi connectivity index (χ0) is 14.1. The lowest BCUT2D eigenvalue weighted by Crippen LogP contribution is -2.39. The number of carbonyl (C=O) groups is 1. The topological polar surface area (TPSA) is 42.3 Å². The Bertz CT molecular complexity index is 718. The molecular formula is C16H16N2O2. The number of aryl methyl sites for hydroxylation is 1. The van der Waals surface area contributed by atoms with Crippen molar-refractivity contribution in [1.29, 1.82) is 0 Å². The molecule has 1 aromatic heterocycles. The summed E-state index contributed by atoms with van der Waals surface area (Å²) < 4.78 is 1.44. The molecule has 0 N–H and O–H groups in total. The van der Waals surface area contributed by atoms with Crippen LogP contribution in [0.2, 0.25) is 0 Å². The Labute approximate surface area is 117 Å². The molecule has 1 aromatic carbocycles. The maximum absolute atomic E-state index is 12.5. The van der Waals surface area contributed by atoms with Gasteiger partial charge in [0.05, 0.1) is 0 Å². The molecule has 1 aliphatic heterocycles. The first-order chi connectivity index (χ1) is 9.66. The Morgan fingerprint density at radius 1 is 1.10 bits per heavy atom. The summed E-state index contributed by atoms with van der Waals surface area (Å²) in [5.74, 6) is -0.180. The summed E-state index contributed by atoms with van der Waals surface area (Å²) in [5.41, 5.74) is 2.46. The van der Waals surface area contributed by atoms with Gasteiger partial charge in [-0.1, -0.05) is 24.3 Å². The number of aromatic nitrogens is 1. The quantitative estimate of drug-likeness (QED) is 0.788. The van der Waals surface area contributed by atoms with Crippen LogP contribution in [-0.2, 0) is 20.0 Å². The van der Waals surface area contributed by atoms with Crippen LogP contribution in [0.1, 0.15) is 21.5 Å². The number of carbonyl (C=O) groups excluding carboxylic acids is 1. The molecule has 20 heavy (non-hydrogen) atoms. The molecule has 1 aliphatic rings. The summed E-state index contributed by atoms with van der Waals surface area (Å²) in [7, 11) is 1.66. The number of pyridine rings is 1. The van der Waals surface area contributed by atoms with E-state index in [9.17, 15) is 9.59 Å². The molecule has 2 aromatic rings. The van der Waals surface area contributed by atoms with Gasteiger partial charge in [-0.05, 0) is 29.7 Å². The first-order valence-corrected chi connectivity index (χ1v) is 6.68. The maximum Gasteiger partial charge on any atom is 0.263 e. The number of amides is 1. The fraction of sp³-hybridized carbons (Fsp3) is 0.250. The Hall–Kier alpha value is -2.36. The van der Waals surface area contributed by atoms with Crippen molar-refractivity contribution in [1.82, 2.24) is 9.47 Å². The van der Waals surface area contributed by atoms with E-state index >= 15 is 0 Å². The molecule has 0 bridgehead atoms. The lowest BCUT2D eigenvalue weighted by atomic mass is 9.99. The molecule has 0 fully saturated rings. The lowest BCUT2D eigenvalue weighted by molar-refractivity contribution is 0.0732. The van der Waals surface area contributed by atoms with Crippen molar-refractivity contribution in [3.63, 3.8) is 0 Å². The Morgan fingerprint density at radius 2 is 1.85 bits per heavy atom. The second-order valence-electron chi connectivity index (χ2n) is 5.08. The van der Waals surface area contributed by atoms with E-state index in [2.05, 4.69) is 6.07 Å². The van der Waals surface area contributed by atoms with E-state index in [4.69, 9.17) is 0 Å². The molecule has 0 unspecified atom stereocenters. The predicted molar refractivity (Wildman–Crippen MR) is 76.6 cm³/mol. The van der Waals surface area contributed by atoms with E-state index in [0.717, 1.165) is 6.42 Å². The molecule has 0 atom stereocenters. The second kappa shape index (κ2) is 4.96. The van der Waals surface area contributed by atoms with Gasteiger partial charge in [-0.15, -0.1) is 0 Å². The summed E-state index contributed by atoms with van der Waals surface area (Å²) >= 11 is 0. The summed E-state index contributed by atoms with van der Waals surface area (Å²) in [4.78, 5) is 26.3. The fourth-order valence-electron chi connectivity index (χ4n) is 2.60. The van der Waals surface area contributed by atoms with Gasteiger partial charge in [0.1, 0.15) is 5.56 Å². The number of hydrogen-bond acceptors (Lipinski definition) is 2. The lowest BCUT2D eigenvalue weighted by Gasteiger charge is -2.28. The van der Waals surface area contributed by atoms with E-state index in [1.54, 1.807) is 30.3 Å². The van der Waals surface area contributed by atoms with E-state index in [1.807, 2.05) is 18.2 Å². The van der Waals surface area contributed by atoms with Crippen LogP contribution in [0.25, 0.3) is 0 Å². The highest BCUT2D eigenvalue weighted by Crippen LogP contribution is 2.19. The number of nitrogens with zero attached hydrogens (tertiary/aromatic N) is 2. The standard InChI is InChI=1S/C16H16N2O2/c1-17-9-4-7-14(15(17)19)16(20)18-10-8-12-5-2-3-6-13(12)11-18/h2-7,9H,8,10-11H2,1H3. The van der Waals surface area contributed by atoms with Gasteiger partial charge in [0.15, 0.2) is 0 Å². The van der Waals surface area contributed by atoms with Crippen LogP contribution in [-0.4, -0.2) is 21.9 Å². The highest BCUT2D eigenvalue weighted by atomic mass is 16.2.